The van der Waals surface area contributed by atoms with Crippen molar-refractivity contribution < 1.29 is 59.7 Å². The molecule has 99 heavy (non-hydrogen) atoms. The largest absolute Gasteiger partial charge is 0.439 e. The summed E-state index contributed by atoms with van der Waals surface area (Å²) in [6, 6.07) is 68.6. The van der Waals surface area contributed by atoms with Gasteiger partial charge < -0.3 is 45.5 Å². The number of alkyl halides is 6. The van der Waals surface area contributed by atoms with Crippen LogP contribution in [0.5, 0.6) is 34.8 Å². The van der Waals surface area contributed by atoms with E-state index in [1.807, 2.05) is 108 Å². The number of benzene rings is 7. The van der Waals surface area contributed by atoms with Crippen LogP contribution in [-0.2, 0) is 12.4 Å². The van der Waals surface area contributed by atoms with E-state index in [-0.39, 0.29) is 36.0 Å². The Morgan fingerprint density at radius 3 is 1.28 bits per heavy atom. The van der Waals surface area contributed by atoms with E-state index >= 15 is 0 Å². The van der Waals surface area contributed by atoms with Crippen LogP contribution in [0.3, 0.4) is 0 Å². The molecular formula is C78H74ClF6N7O7. The monoisotopic (exact) mass is 1370 g/mol. The Kier molecular flexibility index (Phi) is 25.1. The third kappa shape index (κ3) is 23.5. The molecule has 9 aromatic rings. The van der Waals surface area contributed by atoms with Gasteiger partial charge in [0.15, 0.2) is 0 Å². The first-order chi connectivity index (χ1) is 47.8. The number of pyridine rings is 2. The van der Waals surface area contributed by atoms with E-state index in [2.05, 4.69) is 91.3 Å². The van der Waals surface area contributed by atoms with Gasteiger partial charge in [0.1, 0.15) is 23.0 Å². The van der Waals surface area contributed by atoms with Crippen molar-refractivity contribution in [2.45, 2.75) is 93.2 Å². The molecule has 3 saturated carbocycles. The molecule has 21 heteroatoms. The zero-order valence-corrected chi connectivity index (χ0v) is 54.6. The first-order valence-electron chi connectivity index (χ1n) is 32.5. The Hall–Kier alpha value is -10.3. The predicted octanol–water partition coefficient (Wildman–Crippen LogP) is 18.6. The standard InChI is InChI=1S/C28H26F3N3O2.C18H17F3N2O.C16H15NO2.C9H11N.C7H5ClO2/c29-28(30,31)22-9-10-26(32-18-22)36-23-8-4-5-20(16-23)15-19-11-13-34(14-12-19)27(35)33-25-17-24(25)21-6-2-1-3-7-21;19-18(20,21)15-4-5-17(23-12-15)24-16-3-1-2-14(11-16)10-13-6-8-22-9-7-13;18-16(19-13-9-5-2-6-10-13)17-15-11-14(15)12-7-3-1-4-8-12;10-9-6-8(9)7-4-2-1-3-5-7;8-7(9)10-6-4-2-1-3-5-6/h1-10,15-16,18,24-25H,11-14,17H2,(H,33,35);1-5,10-12,22H,6-9H2;1-10,14-15H,11H2,(H,17,18);1-5,8-9H,6,10H2;1-5H/t24-,25+;;14-,15?;8-,9+;/m1.11./s1. The molecule has 2 aromatic heterocycles. The van der Waals surface area contributed by atoms with Gasteiger partial charge in [-0.25, -0.2) is 24.4 Å². The maximum Gasteiger partial charge on any atom is 0.417 e. The second-order valence-corrected chi connectivity index (χ2v) is 24.4. The minimum atomic E-state index is -4.43. The number of likely N-dealkylation sites (tertiary alicyclic amines) is 1. The SMILES string of the molecule is FC(F)(F)c1ccc(Oc2cccc(C=C3CCNCC3)c2)nc1.N[C@H]1C[C@@H]1c1ccccc1.O=C(Cl)Oc1ccccc1.O=C(NC1C[C@@H]1c1ccccc1)Oc1ccccc1.O=C(N[C@H]1C[C@@H]1c1ccccc1)N1CCC(=Cc2cccc(Oc3ccc(C(F)(F)F)cn3)c2)CC1. The van der Waals surface area contributed by atoms with Gasteiger partial charge >= 0.3 is 29.9 Å². The Balaban J connectivity index is 0.000000145. The summed E-state index contributed by atoms with van der Waals surface area (Å²) in [7, 11) is 0. The van der Waals surface area contributed by atoms with Crippen LogP contribution in [0.15, 0.2) is 248 Å². The molecule has 0 radical (unpaired) electrons. The maximum absolute atomic E-state index is 12.7. The second-order valence-electron chi connectivity index (χ2n) is 24.0. The molecule has 2 aliphatic heterocycles. The molecule has 6 atom stereocenters. The molecule has 5 fully saturated rings. The van der Waals surface area contributed by atoms with Gasteiger partial charge in [-0.3, -0.25) is 0 Å². The number of ether oxygens (including phenoxy) is 4. The number of nitrogens with zero attached hydrogens (tertiary/aromatic N) is 3. The van der Waals surface area contributed by atoms with Crippen molar-refractivity contribution in [3.63, 3.8) is 0 Å². The summed E-state index contributed by atoms with van der Waals surface area (Å²) in [5, 5.41) is 9.36. The minimum Gasteiger partial charge on any atom is -0.439 e. The second kappa shape index (κ2) is 34.8. The molecule has 4 heterocycles. The van der Waals surface area contributed by atoms with Crippen LogP contribution in [0.4, 0.5) is 40.7 Å². The lowest BCUT2D eigenvalue weighted by molar-refractivity contribution is -0.138. The number of nitrogens with one attached hydrogen (secondary N) is 3. The van der Waals surface area contributed by atoms with Gasteiger partial charge in [-0.1, -0.05) is 175 Å². The fourth-order valence-corrected chi connectivity index (χ4v) is 11.1. The Labute approximate surface area is 575 Å². The van der Waals surface area contributed by atoms with Gasteiger partial charge in [0.2, 0.25) is 11.8 Å². The molecule has 512 valence electrons. The topological polar surface area (TPSA) is 179 Å². The minimum absolute atomic E-state index is 0.00285. The number of urea groups is 1. The summed E-state index contributed by atoms with van der Waals surface area (Å²) >= 11 is 4.95. The highest BCUT2D eigenvalue weighted by Crippen LogP contribution is 2.42. The van der Waals surface area contributed by atoms with Gasteiger partial charge in [-0.2, -0.15) is 26.3 Å². The maximum atomic E-state index is 12.7. The molecule has 5 N–H and O–H groups in total. The molecule has 7 aromatic carbocycles. The molecule has 3 aliphatic carbocycles. The van der Waals surface area contributed by atoms with E-state index < -0.39 is 28.9 Å². The molecule has 2 saturated heterocycles. The van der Waals surface area contributed by atoms with Crippen molar-refractivity contribution in [2.24, 2.45) is 5.73 Å². The number of piperidine rings is 2. The van der Waals surface area contributed by atoms with Crippen LogP contribution in [-0.4, -0.2) is 76.7 Å². The van der Waals surface area contributed by atoms with Gasteiger partial charge in [-0.05, 0) is 147 Å². The molecule has 1 unspecified atom stereocenters. The van der Waals surface area contributed by atoms with Crippen molar-refractivity contribution >= 4 is 41.3 Å². The third-order valence-corrected chi connectivity index (χ3v) is 16.7. The summed E-state index contributed by atoms with van der Waals surface area (Å²) < 4.78 is 96.7. The first-order valence-corrected chi connectivity index (χ1v) is 32.9. The number of carbonyl (C=O) groups is 3. The fraction of sp³-hybridized carbons (Fsp3) is 0.244. The summed E-state index contributed by atoms with van der Waals surface area (Å²) in [5.41, 5.74) is 11.8. The third-order valence-electron chi connectivity index (χ3n) is 16.6. The lowest BCUT2D eigenvalue weighted by Gasteiger charge is -2.28. The van der Waals surface area contributed by atoms with Gasteiger partial charge in [0.25, 0.3) is 0 Å². The van der Waals surface area contributed by atoms with Crippen LogP contribution >= 0.6 is 11.6 Å². The molecule has 3 amide bonds. The quantitative estimate of drug-likeness (QED) is 0.0637. The number of para-hydroxylation sites is 2. The Morgan fingerprint density at radius 1 is 0.485 bits per heavy atom. The highest BCUT2D eigenvalue weighted by molar-refractivity contribution is 6.61. The van der Waals surface area contributed by atoms with Crippen molar-refractivity contribution in [2.75, 3.05) is 26.2 Å². The van der Waals surface area contributed by atoms with Crippen molar-refractivity contribution in [3.8, 4) is 34.8 Å². The molecule has 5 aliphatic rings. The fourth-order valence-electron chi connectivity index (χ4n) is 11.1. The number of amides is 3. The normalized spacial score (nSPS) is 18.7. The average Bonchev–Trinajstić information content (AvgIpc) is 1.68. The van der Waals surface area contributed by atoms with Crippen LogP contribution in [0.1, 0.15) is 102 Å². The van der Waals surface area contributed by atoms with E-state index in [4.69, 9.17) is 31.5 Å². The summed E-state index contributed by atoms with van der Waals surface area (Å²) in [6.07, 6.45) is 3.27. The lowest BCUT2D eigenvalue weighted by Crippen LogP contribution is -2.44. The average molecular weight is 1370 g/mol. The van der Waals surface area contributed by atoms with E-state index in [0.717, 1.165) is 87.3 Å². The Morgan fingerprint density at radius 2 is 0.879 bits per heavy atom. The molecule has 0 spiro atoms. The summed E-state index contributed by atoms with van der Waals surface area (Å²) in [6.45, 7) is 3.28. The molecular weight excluding hydrogens is 1300 g/mol. The zero-order chi connectivity index (χ0) is 69.6. The molecule has 14 rings (SSSR count). The highest BCUT2D eigenvalue weighted by Gasteiger charge is 2.41. The number of hydrogen-bond donors (Lipinski definition) is 4. The van der Waals surface area contributed by atoms with Gasteiger partial charge in [-0.15, -0.1) is 0 Å². The predicted molar refractivity (Wildman–Crippen MR) is 370 cm³/mol. The van der Waals surface area contributed by atoms with Crippen molar-refractivity contribution in [1.29, 1.82) is 0 Å². The Bertz CT molecular complexity index is 4090. The number of carbonyl (C=O) groups excluding carboxylic acids is 3. The van der Waals surface area contributed by atoms with Crippen molar-refractivity contribution in [1.82, 2.24) is 30.8 Å². The number of nitrogens with two attached hydrogens (primary N) is 1. The number of rotatable bonds is 13. The number of aromatic nitrogens is 2. The number of halogens is 7. The van der Waals surface area contributed by atoms with Crippen LogP contribution in [0.25, 0.3) is 12.2 Å². The summed E-state index contributed by atoms with van der Waals surface area (Å²) in [4.78, 5) is 43.9. The highest BCUT2D eigenvalue weighted by atomic mass is 35.5. The molecule has 0 bridgehead atoms. The lowest BCUT2D eigenvalue weighted by atomic mass is 10.0. The summed E-state index contributed by atoms with van der Waals surface area (Å²) in [5.74, 6) is 3.77. The van der Waals surface area contributed by atoms with Crippen molar-refractivity contribution in [3.05, 3.63) is 287 Å². The van der Waals surface area contributed by atoms with E-state index in [0.29, 0.717) is 59.9 Å². The van der Waals surface area contributed by atoms with E-state index in [1.165, 1.54) is 46.4 Å². The van der Waals surface area contributed by atoms with Gasteiger partial charge in [0, 0.05) is 85.1 Å². The van der Waals surface area contributed by atoms with E-state index in [9.17, 15) is 40.7 Å². The van der Waals surface area contributed by atoms with Crippen LogP contribution in [0, 0.1) is 0 Å². The van der Waals surface area contributed by atoms with Crippen LogP contribution < -0.4 is 40.6 Å². The zero-order valence-electron chi connectivity index (χ0n) is 53.8. The smallest absolute Gasteiger partial charge is 0.417 e. The van der Waals surface area contributed by atoms with Crippen LogP contribution in [0.2, 0.25) is 0 Å². The van der Waals surface area contributed by atoms with Gasteiger partial charge in [0.05, 0.1) is 11.1 Å². The van der Waals surface area contributed by atoms with E-state index in [1.54, 1.807) is 48.5 Å². The first kappa shape index (κ1) is 71.5. The molecule has 14 nitrogen and oxygen atoms in total. The number of hydrogen-bond acceptors (Lipinski definition) is 11.